The van der Waals surface area contributed by atoms with E-state index in [1.165, 1.54) is 25.8 Å². The SMILES string of the molecule is CNC(=O)c1c2cc(C3CC3)c(N(CCC3(CNC(=O)OC(C)(C)C)COC3)S(C)(=O)=O)cc2nn1-c1ccc(C)cn1.CNC(=O)c1c2cc(C3CC3)c(N(CCC3(OC)COC3)S(C)(=O)=O)cc2nn1-c1ccc(C)cc1. The lowest BCUT2D eigenvalue weighted by molar-refractivity contribution is -0.197. The number of nitrogens with zero attached hydrogens (tertiary/aromatic N) is 7. The summed E-state index contributed by atoms with van der Waals surface area (Å²) in [7, 11) is -2.50. The number of hydrogen-bond acceptors (Lipinski definition) is 14. The highest BCUT2D eigenvalue weighted by Crippen LogP contribution is 2.49. The largest absolute Gasteiger partial charge is 0.444 e. The number of aryl methyl sites for hydroxylation is 2. The average Bonchev–Trinajstić information content (AvgIpc) is 4.39. The summed E-state index contributed by atoms with van der Waals surface area (Å²) in [4.78, 5) is 42.9. The van der Waals surface area contributed by atoms with Crippen molar-refractivity contribution in [3.63, 3.8) is 0 Å². The van der Waals surface area contributed by atoms with Crippen LogP contribution in [0.4, 0.5) is 16.2 Å². The molecular weight excluding hydrogens is 1050 g/mol. The fourth-order valence-electron chi connectivity index (χ4n) is 10.0. The summed E-state index contributed by atoms with van der Waals surface area (Å²) < 4.78 is 80.5. The smallest absolute Gasteiger partial charge is 0.407 e. The van der Waals surface area contributed by atoms with Crippen LogP contribution < -0.4 is 24.6 Å². The first-order valence-electron chi connectivity index (χ1n) is 26.6. The molecule has 0 unspecified atom stereocenters. The van der Waals surface area contributed by atoms with Crippen molar-refractivity contribution in [2.45, 2.75) is 96.2 Å². The van der Waals surface area contributed by atoms with Crippen molar-refractivity contribution in [3.05, 3.63) is 101 Å². The number of anilines is 2. The number of benzene rings is 3. The number of carbonyl (C=O) groups is 3. The zero-order valence-electron chi connectivity index (χ0n) is 46.6. The highest BCUT2D eigenvalue weighted by molar-refractivity contribution is 7.92. The van der Waals surface area contributed by atoms with Crippen LogP contribution in [0, 0.1) is 19.3 Å². The van der Waals surface area contributed by atoms with E-state index in [-0.39, 0.29) is 36.7 Å². The Hall–Kier alpha value is -6.66. The Morgan fingerprint density at radius 3 is 1.62 bits per heavy atom. The molecule has 0 atom stereocenters. The molecule has 424 valence electrons. The molecule has 21 nitrogen and oxygen atoms in total. The van der Waals surface area contributed by atoms with Gasteiger partial charge in [-0.25, -0.2) is 36.0 Å². The van der Waals surface area contributed by atoms with Crippen LogP contribution in [-0.4, -0.2) is 150 Å². The van der Waals surface area contributed by atoms with Gasteiger partial charge in [0.05, 0.1) is 67.0 Å². The minimum Gasteiger partial charge on any atom is -0.444 e. The quantitative estimate of drug-likeness (QED) is 0.0755. The maximum Gasteiger partial charge on any atom is 0.407 e. The Balaban J connectivity index is 0.000000195. The second kappa shape index (κ2) is 22.1. The molecule has 3 aromatic heterocycles. The summed E-state index contributed by atoms with van der Waals surface area (Å²) >= 11 is 0. The van der Waals surface area contributed by atoms with Crippen molar-refractivity contribution in [2.24, 2.45) is 5.41 Å². The number of pyridine rings is 1. The van der Waals surface area contributed by atoms with Gasteiger partial charge in [0, 0.05) is 63.2 Å². The molecule has 5 heterocycles. The molecule has 3 aromatic carbocycles. The van der Waals surface area contributed by atoms with Gasteiger partial charge in [-0.1, -0.05) is 23.8 Å². The van der Waals surface area contributed by atoms with E-state index in [1.54, 1.807) is 65.0 Å². The van der Waals surface area contributed by atoms with E-state index in [0.29, 0.717) is 96.2 Å². The van der Waals surface area contributed by atoms with Gasteiger partial charge in [0.2, 0.25) is 20.0 Å². The molecule has 3 N–H and O–H groups in total. The average molecular weight is 1130 g/mol. The normalized spacial score (nSPS) is 16.7. The third kappa shape index (κ3) is 12.5. The van der Waals surface area contributed by atoms with Gasteiger partial charge in [-0.05, 0) is 144 Å². The number of carbonyl (C=O) groups excluding carboxylic acids is 3. The Kier molecular flexibility index (Phi) is 16.0. The minimum absolute atomic E-state index is 0.178. The second-order valence-electron chi connectivity index (χ2n) is 22.5. The van der Waals surface area contributed by atoms with Gasteiger partial charge < -0.3 is 34.9 Å². The Labute approximate surface area is 461 Å². The summed E-state index contributed by atoms with van der Waals surface area (Å²) in [6, 6.07) is 18.9. The van der Waals surface area contributed by atoms with Gasteiger partial charge in [-0.2, -0.15) is 10.2 Å². The lowest BCUT2D eigenvalue weighted by atomic mass is 9.82. The first-order valence-corrected chi connectivity index (χ1v) is 30.3. The molecule has 23 heteroatoms. The molecule has 0 radical (unpaired) electrons. The van der Waals surface area contributed by atoms with E-state index >= 15 is 0 Å². The van der Waals surface area contributed by atoms with Gasteiger partial charge in [0.25, 0.3) is 11.8 Å². The van der Waals surface area contributed by atoms with Crippen LogP contribution in [0.2, 0.25) is 0 Å². The first kappa shape index (κ1) is 57.0. The van der Waals surface area contributed by atoms with Crippen LogP contribution in [0.1, 0.15) is 114 Å². The molecule has 4 aliphatic rings. The van der Waals surface area contributed by atoms with Crippen LogP contribution >= 0.6 is 0 Å². The molecule has 4 fully saturated rings. The number of ether oxygens (including phenoxy) is 4. The van der Waals surface area contributed by atoms with E-state index in [2.05, 4.69) is 20.9 Å². The summed E-state index contributed by atoms with van der Waals surface area (Å²) in [5, 5.41) is 19.1. The number of amides is 3. The third-order valence-corrected chi connectivity index (χ3v) is 17.2. The number of alkyl carbamates (subject to hydrolysis) is 1. The van der Waals surface area contributed by atoms with Gasteiger partial charge in [0.1, 0.15) is 22.6 Å². The second-order valence-corrected chi connectivity index (χ2v) is 26.3. The van der Waals surface area contributed by atoms with E-state index in [4.69, 9.17) is 29.1 Å². The van der Waals surface area contributed by atoms with Gasteiger partial charge in [0.15, 0.2) is 5.82 Å². The topological polar surface area (TPSA) is 248 Å². The predicted octanol–water partition coefficient (Wildman–Crippen LogP) is 6.81. The Morgan fingerprint density at radius 2 is 1.20 bits per heavy atom. The number of rotatable bonds is 19. The number of aromatic nitrogens is 5. The molecule has 10 rings (SSSR count). The van der Waals surface area contributed by atoms with Crippen molar-refractivity contribution >= 4 is 71.1 Å². The van der Waals surface area contributed by atoms with Gasteiger partial charge in [-0.3, -0.25) is 18.2 Å². The maximum atomic E-state index is 13.3. The van der Waals surface area contributed by atoms with Crippen molar-refractivity contribution in [1.82, 2.24) is 40.5 Å². The number of hydrogen-bond donors (Lipinski definition) is 3. The molecule has 3 amide bonds. The lowest BCUT2D eigenvalue weighted by Crippen LogP contribution is -2.53. The number of methoxy groups -OCH3 is 1. The molecule has 2 saturated heterocycles. The van der Waals surface area contributed by atoms with E-state index < -0.39 is 42.8 Å². The number of fused-ring (bicyclic) bond motifs is 2. The molecule has 0 spiro atoms. The molecule has 2 saturated carbocycles. The van der Waals surface area contributed by atoms with Gasteiger partial charge in [-0.15, -0.1) is 0 Å². The van der Waals surface area contributed by atoms with Crippen molar-refractivity contribution in [2.75, 3.05) is 88.4 Å². The van der Waals surface area contributed by atoms with Gasteiger partial charge >= 0.3 is 6.09 Å². The molecule has 0 bridgehead atoms. The molecule has 79 heavy (non-hydrogen) atoms. The number of nitrogens with one attached hydrogen (secondary N) is 3. The summed E-state index contributed by atoms with van der Waals surface area (Å²) in [6.45, 7) is 11.8. The molecule has 6 aromatic rings. The fourth-order valence-corrected chi connectivity index (χ4v) is 11.9. The van der Waals surface area contributed by atoms with E-state index in [0.717, 1.165) is 53.6 Å². The van der Waals surface area contributed by atoms with Crippen LogP contribution in [0.25, 0.3) is 33.3 Å². The molecular formula is C56H72N10O11S2. The third-order valence-electron chi connectivity index (χ3n) is 14.9. The fraction of sp³-hybridized carbons (Fsp3) is 0.500. The zero-order chi connectivity index (χ0) is 56.8. The van der Waals surface area contributed by atoms with Crippen LogP contribution in [0.5, 0.6) is 0 Å². The first-order chi connectivity index (χ1) is 37.3. The van der Waals surface area contributed by atoms with Crippen LogP contribution in [0.15, 0.2) is 66.9 Å². The minimum atomic E-state index is -3.70. The lowest BCUT2D eigenvalue weighted by Gasteiger charge is -2.42. The highest BCUT2D eigenvalue weighted by Gasteiger charge is 2.43. The molecule has 2 aliphatic carbocycles. The predicted molar refractivity (Wildman–Crippen MR) is 302 cm³/mol. The van der Waals surface area contributed by atoms with Crippen LogP contribution in [-0.2, 0) is 39.0 Å². The Morgan fingerprint density at radius 1 is 0.709 bits per heavy atom. The monoisotopic (exact) mass is 1120 g/mol. The summed E-state index contributed by atoms with van der Waals surface area (Å²) in [5.74, 6) is 0.344. The molecule has 2 aliphatic heterocycles. The van der Waals surface area contributed by atoms with Crippen molar-refractivity contribution < 1.29 is 50.2 Å². The highest BCUT2D eigenvalue weighted by atomic mass is 32.2. The number of sulfonamides is 2. The maximum absolute atomic E-state index is 13.3. The van der Waals surface area contributed by atoms with Crippen molar-refractivity contribution in [3.8, 4) is 11.5 Å². The van der Waals surface area contributed by atoms with Crippen LogP contribution in [0.3, 0.4) is 0 Å². The van der Waals surface area contributed by atoms with E-state index in [1.807, 2.05) is 62.4 Å². The zero-order valence-corrected chi connectivity index (χ0v) is 48.3. The Bertz CT molecular complexity index is 3500. The van der Waals surface area contributed by atoms with Crippen molar-refractivity contribution in [1.29, 1.82) is 0 Å². The van der Waals surface area contributed by atoms with E-state index in [9.17, 15) is 31.2 Å². The summed E-state index contributed by atoms with van der Waals surface area (Å²) in [6.07, 6.45) is 8.40. The standard InChI is InChI=1S/C30H40N6O6S.C26H32N4O5S/c1-19-7-10-25(32-15-19)36-26(27(37)31-5)22-13-21(20-8-9-20)24(14-23(22)34-36)35(43(6,39)40)12-11-30(17-41-18-30)16-33-28(38)42-29(2,3)4;1-17-5-9-19(10-6-17)30-24(25(31)27-2)21-13-20(18-7-8-18)23(14-22(21)28-30)29(36(4,32)33)12-11-26(34-3)15-35-16-26/h7,10,13-15,20H,8-9,11-12,16-18H2,1-6H3,(H,31,37)(H,33,38);5-6,9-10,13-14,18H,7-8,11-12,15-16H2,1-4H3,(H,27,31). The summed E-state index contributed by atoms with van der Waals surface area (Å²) in [5.41, 5.74) is 6.11.